The van der Waals surface area contributed by atoms with Gasteiger partial charge in [-0.25, -0.2) is 0 Å². The van der Waals surface area contributed by atoms with E-state index in [4.69, 9.17) is 13.7 Å². The number of hydrogen-bond donors (Lipinski definition) is 0. The van der Waals surface area contributed by atoms with Gasteiger partial charge in [0.25, 0.3) is 5.91 Å². The molecule has 0 aromatic carbocycles. The van der Waals surface area contributed by atoms with E-state index < -0.39 is 0 Å². The number of carbonyl (C=O) groups excluding carboxylic acids is 1. The summed E-state index contributed by atoms with van der Waals surface area (Å²) >= 11 is 0. The average molecular weight is 403 g/mol. The van der Waals surface area contributed by atoms with E-state index in [2.05, 4.69) is 41.1 Å². The van der Waals surface area contributed by atoms with Crippen molar-refractivity contribution >= 4 is 5.91 Å². The fourth-order valence-electron chi connectivity index (χ4n) is 4.54. The third-order valence-corrected chi connectivity index (χ3v) is 5.91. The molecule has 2 aromatic rings. The highest BCUT2D eigenvalue weighted by atomic mass is 16.5. The summed E-state index contributed by atoms with van der Waals surface area (Å²) in [5.41, 5.74) is 1.14. The van der Waals surface area contributed by atoms with Crippen LogP contribution in [0.3, 0.4) is 0 Å². The number of aryl methyl sites for hydroxylation is 1. The Morgan fingerprint density at radius 1 is 1.31 bits per heavy atom. The molecule has 2 aliphatic rings. The van der Waals surface area contributed by atoms with E-state index in [1.165, 1.54) is 0 Å². The van der Waals surface area contributed by atoms with Gasteiger partial charge in [-0.3, -0.25) is 9.69 Å². The van der Waals surface area contributed by atoms with Crippen LogP contribution in [0.2, 0.25) is 0 Å². The number of hydrogen-bond acceptors (Lipinski definition) is 8. The SMILES string of the molecule is COCc1c(C(=O)N2CC3(CC(c4nnc(CC(C)C)o4)N(C)C3)C2)noc1C. The monoisotopic (exact) mass is 403 g/mol. The van der Waals surface area contributed by atoms with Crippen molar-refractivity contribution in [1.82, 2.24) is 25.2 Å². The summed E-state index contributed by atoms with van der Waals surface area (Å²) in [5, 5.41) is 12.5. The Morgan fingerprint density at radius 3 is 2.76 bits per heavy atom. The number of rotatable bonds is 6. The number of nitrogens with zero attached hydrogens (tertiary/aromatic N) is 5. The summed E-state index contributed by atoms with van der Waals surface area (Å²) in [4.78, 5) is 17.0. The number of methoxy groups -OCH3 is 1. The maximum atomic E-state index is 12.9. The summed E-state index contributed by atoms with van der Waals surface area (Å²) in [5.74, 6) is 2.38. The van der Waals surface area contributed by atoms with Crippen LogP contribution in [0.4, 0.5) is 0 Å². The predicted molar refractivity (Wildman–Crippen MR) is 103 cm³/mol. The van der Waals surface area contributed by atoms with Crippen LogP contribution >= 0.6 is 0 Å². The lowest BCUT2D eigenvalue weighted by Gasteiger charge is -2.47. The first-order valence-corrected chi connectivity index (χ1v) is 10.1. The zero-order valence-electron chi connectivity index (χ0n) is 17.8. The lowest BCUT2D eigenvalue weighted by Crippen LogP contribution is -2.59. The number of likely N-dealkylation sites (tertiary alicyclic amines) is 2. The molecule has 0 N–H and O–H groups in total. The molecule has 2 aliphatic heterocycles. The summed E-state index contributed by atoms with van der Waals surface area (Å²) in [6.45, 7) is 8.66. The molecule has 2 aromatic heterocycles. The summed E-state index contributed by atoms with van der Waals surface area (Å²) in [6, 6.07) is 0.0963. The minimum Gasteiger partial charge on any atom is -0.424 e. The first-order valence-electron chi connectivity index (χ1n) is 10.1. The normalized spacial score (nSPS) is 21.3. The Kier molecular flexibility index (Phi) is 5.20. The van der Waals surface area contributed by atoms with Gasteiger partial charge in [0.2, 0.25) is 11.8 Å². The molecule has 0 saturated carbocycles. The van der Waals surface area contributed by atoms with E-state index in [1.807, 2.05) is 4.90 Å². The van der Waals surface area contributed by atoms with E-state index in [1.54, 1.807) is 14.0 Å². The second-order valence-electron chi connectivity index (χ2n) is 8.93. The Morgan fingerprint density at radius 2 is 2.07 bits per heavy atom. The van der Waals surface area contributed by atoms with Crippen molar-refractivity contribution in [2.75, 3.05) is 33.8 Å². The van der Waals surface area contributed by atoms with Gasteiger partial charge in [-0.15, -0.1) is 10.2 Å². The van der Waals surface area contributed by atoms with Gasteiger partial charge in [0.15, 0.2) is 5.69 Å². The van der Waals surface area contributed by atoms with Gasteiger partial charge in [0, 0.05) is 38.6 Å². The molecule has 29 heavy (non-hydrogen) atoms. The third kappa shape index (κ3) is 3.69. The quantitative estimate of drug-likeness (QED) is 0.724. The highest BCUT2D eigenvalue weighted by Crippen LogP contribution is 2.47. The van der Waals surface area contributed by atoms with Crippen molar-refractivity contribution in [2.45, 2.75) is 46.3 Å². The summed E-state index contributed by atoms with van der Waals surface area (Å²) in [6.07, 6.45) is 1.69. The van der Waals surface area contributed by atoms with Gasteiger partial charge in [0.05, 0.1) is 18.2 Å². The smallest absolute Gasteiger partial charge is 0.276 e. The van der Waals surface area contributed by atoms with E-state index in [-0.39, 0.29) is 17.4 Å². The minimum atomic E-state index is -0.0948. The molecule has 4 heterocycles. The molecule has 1 unspecified atom stereocenters. The molecule has 158 valence electrons. The van der Waals surface area contributed by atoms with Crippen molar-refractivity contribution in [3.8, 4) is 0 Å². The Bertz CT molecular complexity index is 883. The van der Waals surface area contributed by atoms with E-state index in [0.29, 0.717) is 48.8 Å². The Balaban J connectivity index is 1.41. The number of amides is 1. The molecule has 4 rings (SSSR count). The molecule has 9 heteroatoms. The highest BCUT2D eigenvalue weighted by Gasteiger charge is 2.53. The van der Waals surface area contributed by atoms with Crippen molar-refractivity contribution in [2.24, 2.45) is 11.3 Å². The fourth-order valence-corrected chi connectivity index (χ4v) is 4.54. The lowest BCUT2D eigenvalue weighted by atomic mass is 9.77. The Labute approximate surface area is 170 Å². The third-order valence-electron chi connectivity index (χ3n) is 5.91. The molecule has 2 fully saturated rings. The standard InChI is InChI=1S/C20H29N5O4/c1-12(2)6-16-21-22-18(28-16)15-7-20(9-24(15)4)10-25(11-20)19(26)17-14(8-27-5)13(3)29-23-17/h12,15H,6-11H2,1-5H3. The van der Waals surface area contributed by atoms with E-state index in [0.717, 1.165) is 24.9 Å². The van der Waals surface area contributed by atoms with Crippen LogP contribution in [0.1, 0.15) is 59.9 Å². The van der Waals surface area contributed by atoms with Crippen LogP contribution in [0.25, 0.3) is 0 Å². The van der Waals surface area contributed by atoms with Crippen molar-refractivity contribution in [3.63, 3.8) is 0 Å². The number of carbonyl (C=O) groups is 1. The van der Waals surface area contributed by atoms with Gasteiger partial charge in [-0.2, -0.15) is 0 Å². The van der Waals surface area contributed by atoms with Gasteiger partial charge in [-0.05, 0) is 26.3 Å². The molecule has 1 atom stereocenters. The topological polar surface area (TPSA) is 97.7 Å². The first-order chi connectivity index (χ1) is 13.8. The molecule has 1 spiro atoms. The predicted octanol–water partition coefficient (Wildman–Crippen LogP) is 2.23. The van der Waals surface area contributed by atoms with Gasteiger partial charge >= 0.3 is 0 Å². The molecule has 0 bridgehead atoms. The lowest BCUT2D eigenvalue weighted by molar-refractivity contribution is 0.0104. The molecule has 0 radical (unpaired) electrons. The van der Waals surface area contributed by atoms with Crippen LogP contribution in [0, 0.1) is 18.3 Å². The van der Waals surface area contributed by atoms with Crippen LogP contribution in [-0.4, -0.2) is 64.9 Å². The van der Waals surface area contributed by atoms with E-state index >= 15 is 0 Å². The zero-order chi connectivity index (χ0) is 20.8. The average Bonchev–Trinajstić information content (AvgIpc) is 3.31. The highest BCUT2D eigenvalue weighted by molar-refractivity contribution is 5.94. The summed E-state index contributed by atoms with van der Waals surface area (Å²) in [7, 11) is 3.67. The molecule has 1 amide bonds. The maximum Gasteiger partial charge on any atom is 0.276 e. The second kappa shape index (κ2) is 7.53. The molecular formula is C20H29N5O4. The molecular weight excluding hydrogens is 374 g/mol. The molecule has 0 aliphatic carbocycles. The van der Waals surface area contributed by atoms with Crippen molar-refractivity contribution < 1.29 is 18.5 Å². The fraction of sp³-hybridized carbons (Fsp3) is 0.700. The van der Waals surface area contributed by atoms with Gasteiger partial charge in [0.1, 0.15) is 5.76 Å². The molecule has 9 nitrogen and oxygen atoms in total. The van der Waals surface area contributed by atoms with Crippen LogP contribution in [0.5, 0.6) is 0 Å². The van der Waals surface area contributed by atoms with Crippen LogP contribution in [-0.2, 0) is 17.8 Å². The van der Waals surface area contributed by atoms with E-state index in [9.17, 15) is 4.79 Å². The van der Waals surface area contributed by atoms with Crippen LogP contribution in [0.15, 0.2) is 8.94 Å². The number of aromatic nitrogens is 3. The largest absolute Gasteiger partial charge is 0.424 e. The molecule has 2 saturated heterocycles. The zero-order valence-corrected chi connectivity index (χ0v) is 17.8. The van der Waals surface area contributed by atoms with Gasteiger partial charge in [-0.1, -0.05) is 19.0 Å². The summed E-state index contributed by atoms with van der Waals surface area (Å²) < 4.78 is 16.3. The second-order valence-corrected chi connectivity index (χ2v) is 8.93. The van der Waals surface area contributed by atoms with Crippen molar-refractivity contribution in [3.05, 3.63) is 28.8 Å². The van der Waals surface area contributed by atoms with Crippen LogP contribution < -0.4 is 0 Å². The first kappa shape index (κ1) is 20.0. The Hall–Kier alpha value is -2.26. The van der Waals surface area contributed by atoms with Crippen molar-refractivity contribution in [1.29, 1.82) is 0 Å². The van der Waals surface area contributed by atoms with Gasteiger partial charge < -0.3 is 18.6 Å². The minimum absolute atomic E-state index is 0.0575. The number of ether oxygens (including phenoxy) is 1. The maximum absolute atomic E-state index is 12.9.